The summed E-state index contributed by atoms with van der Waals surface area (Å²) in [6, 6.07) is 5.02. The Morgan fingerprint density at radius 2 is 1.93 bits per heavy atom. The van der Waals surface area contributed by atoms with Gasteiger partial charge in [-0.05, 0) is 30.1 Å². The van der Waals surface area contributed by atoms with Crippen LogP contribution in [-0.4, -0.2) is 17.6 Å². The summed E-state index contributed by atoms with van der Waals surface area (Å²) in [7, 11) is 0. The van der Waals surface area contributed by atoms with E-state index >= 15 is 0 Å². The van der Waals surface area contributed by atoms with Crippen LogP contribution in [0.25, 0.3) is 0 Å². The Hall–Kier alpha value is -0.420. The molecule has 0 aliphatic heterocycles. The van der Waals surface area contributed by atoms with Gasteiger partial charge in [0.2, 0.25) is 0 Å². The van der Waals surface area contributed by atoms with E-state index in [9.17, 15) is 4.79 Å². The van der Waals surface area contributed by atoms with Crippen molar-refractivity contribution in [2.75, 3.05) is 6.54 Å². The summed E-state index contributed by atoms with van der Waals surface area (Å²) in [4.78, 5) is 11.0. The lowest BCUT2D eigenvalue weighted by Gasteiger charge is -2.02. The van der Waals surface area contributed by atoms with E-state index in [1.54, 1.807) is 18.2 Å². The second kappa shape index (κ2) is 5.46. The van der Waals surface area contributed by atoms with Gasteiger partial charge in [-0.1, -0.05) is 23.2 Å². The molecule has 3 nitrogen and oxygen atoms in total. The molecular weight excluding hydrogens is 245 g/mol. The molecule has 2 N–H and O–H groups in total. The number of carbonyl (C=O) groups is 1. The molecule has 0 saturated heterocycles. The molecule has 1 aromatic carbocycles. The Morgan fingerprint density at radius 1 is 1.36 bits per heavy atom. The Balaban J connectivity index is 2.54. The van der Waals surface area contributed by atoms with E-state index in [0.717, 1.165) is 4.90 Å². The zero-order valence-electron chi connectivity index (χ0n) is 6.96. The Labute approximate surface area is 95.5 Å². The zero-order chi connectivity index (χ0) is 10.6. The fourth-order valence-electron chi connectivity index (χ4n) is 0.769. The predicted octanol–water partition coefficient (Wildman–Crippen LogP) is 2.67. The Bertz CT molecular complexity index is 326. The van der Waals surface area contributed by atoms with Gasteiger partial charge in [0.25, 0.3) is 0 Å². The lowest BCUT2D eigenvalue weighted by molar-refractivity contribution is -0.135. The standard InChI is InChI=1S/C8H7Cl2NO2S/c9-5-1-6(10)3-7(2-5)14-11-4-8(12)13/h1-3,11H,4H2,(H,12,13). The summed E-state index contributed by atoms with van der Waals surface area (Å²) < 4.78 is 2.66. The lowest BCUT2D eigenvalue weighted by Crippen LogP contribution is -2.15. The molecule has 0 aliphatic rings. The number of nitrogens with one attached hydrogen (secondary N) is 1. The first-order chi connectivity index (χ1) is 6.58. The minimum atomic E-state index is -0.911. The predicted molar refractivity (Wildman–Crippen MR) is 58.0 cm³/mol. The van der Waals surface area contributed by atoms with Crippen molar-refractivity contribution in [3.8, 4) is 0 Å². The smallest absolute Gasteiger partial charge is 0.318 e. The fourth-order valence-corrected chi connectivity index (χ4v) is 2.16. The summed E-state index contributed by atoms with van der Waals surface area (Å²) in [5.74, 6) is -0.911. The van der Waals surface area contributed by atoms with Crippen LogP contribution in [0.5, 0.6) is 0 Å². The number of carboxylic acids is 1. The van der Waals surface area contributed by atoms with Gasteiger partial charge in [0, 0.05) is 14.9 Å². The van der Waals surface area contributed by atoms with Gasteiger partial charge in [-0.2, -0.15) is 0 Å². The first kappa shape index (κ1) is 11.7. The molecule has 0 unspecified atom stereocenters. The normalized spacial score (nSPS) is 10.1. The number of halogens is 2. The largest absolute Gasteiger partial charge is 0.480 e. The second-order valence-electron chi connectivity index (χ2n) is 2.42. The van der Waals surface area contributed by atoms with Crippen LogP contribution >= 0.6 is 35.1 Å². The van der Waals surface area contributed by atoms with Crippen molar-refractivity contribution in [3.63, 3.8) is 0 Å². The molecule has 0 spiro atoms. The number of carboxylic acid groups (broad SMARTS) is 1. The van der Waals surface area contributed by atoms with Gasteiger partial charge in [-0.3, -0.25) is 4.79 Å². The molecule has 0 aliphatic carbocycles. The molecule has 1 rings (SSSR count). The number of hydrogen-bond donors (Lipinski definition) is 2. The van der Waals surface area contributed by atoms with Crippen LogP contribution in [0.15, 0.2) is 23.1 Å². The highest BCUT2D eigenvalue weighted by Gasteiger charge is 2.00. The van der Waals surface area contributed by atoms with Crippen LogP contribution in [0.4, 0.5) is 0 Å². The van der Waals surface area contributed by atoms with E-state index in [1.807, 2.05) is 0 Å². The van der Waals surface area contributed by atoms with Gasteiger partial charge < -0.3 is 5.11 Å². The average Bonchev–Trinajstić information content (AvgIpc) is 2.01. The van der Waals surface area contributed by atoms with E-state index in [-0.39, 0.29) is 6.54 Å². The topological polar surface area (TPSA) is 49.3 Å². The average molecular weight is 252 g/mol. The lowest BCUT2D eigenvalue weighted by atomic mass is 10.4. The van der Waals surface area contributed by atoms with Crippen molar-refractivity contribution >= 4 is 41.1 Å². The molecule has 0 heterocycles. The van der Waals surface area contributed by atoms with E-state index in [0.29, 0.717) is 10.0 Å². The Kier molecular flexibility index (Phi) is 4.54. The summed E-state index contributed by atoms with van der Waals surface area (Å²) in [5, 5.41) is 9.42. The van der Waals surface area contributed by atoms with Gasteiger partial charge in [0.15, 0.2) is 0 Å². The van der Waals surface area contributed by atoms with Gasteiger partial charge in [0.1, 0.15) is 6.54 Å². The maximum atomic E-state index is 10.2. The van der Waals surface area contributed by atoms with Crippen molar-refractivity contribution in [2.24, 2.45) is 0 Å². The van der Waals surface area contributed by atoms with Crippen LogP contribution in [0, 0.1) is 0 Å². The van der Waals surface area contributed by atoms with Crippen LogP contribution in [-0.2, 0) is 4.79 Å². The van der Waals surface area contributed by atoms with E-state index in [2.05, 4.69) is 4.72 Å². The van der Waals surface area contributed by atoms with Gasteiger partial charge in [0.05, 0.1) is 0 Å². The molecule has 1 aromatic rings. The third-order valence-corrected chi connectivity index (χ3v) is 2.45. The molecular formula is C8H7Cl2NO2S. The summed E-state index contributed by atoms with van der Waals surface area (Å²) >= 11 is 12.7. The maximum Gasteiger partial charge on any atom is 0.318 e. The molecule has 14 heavy (non-hydrogen) atoms. The maximum absolute atomic E-state index is 10.2. The minimum absolute atomic E-state index is 0.116. The summed E-state index contributed by atoms with van der Waals surface area (Å²) in [6.07, 6.45) is 0. The van der Waals surface area contributed by atoms with Crippen LogP contribution in [0.1, 0.15) is 0 Å². The second-order valence-corrected chi connectivity index (χ2v) is 4.26. The number of hydrogen-bond acceptors (Lipinski definition) is 3. The van der Waals surface area contributed by atoms with Crippen molar-refractivity contribution in [1.82, 2.24) is 4.72 Å². The highest BCUT2D eigenvalue weighted by Crippen LogP contribution is 2.24. The van der Waals surface area contributed by atoms with Crippen molar-refractivity contribution in [3.05, 3.63) is 28.2 Å². The zero-order valence-corrected chi connectivity index (χ0v) is 9.29. The molecule has 0 amide bonds. The SMILES string of the molecule is O=C(O)CNSc1cc(Cl)cc(Cl)c1. The van der Waals surface area contributed by atoms with Gasteiger partial charge in [-0.25, -0.2) is 4.72 Å². The number of benzene rings is 1. The molecule has 0 bridgehead atoms. The highest BCUT2D eigenvalue weighted by atomic mass is 35.5. The summed E-state index contributed by atoms with van der Waals surface area (Å²) in [6.45, 7) is -0.116. The van der Waals surface area contributed by atoms with E-state index in [4.69, 9.17) is 28.3 Å². The van der Waals surface area contributed by atoms with Crippen LogP contribution in [0.2, 0.25) is 10.0 Å². The molecule has 0 radical (unpaired) electrons. The molecule has 76 valence electrons. The molecule has 0 atom stereocenters. The quantitative estimate of drug-likeness (QED) is 0.809. The highest BCUT2D eigenvalue weighted by molar-refractivity contribution is 7.97. The fraction of sp³-hybridized carbons (Fsp3) is 0.125. The first-order valence-corrected chi connectivity index (χ1v) is 5.23. The third-order valence-electron chi connectivity index (χ3n) is 1.25. The summed E-state index contributed by atoms with van der Waals surface area (Å²) in [5.41, 5.74) is 0. The monoisotopic (exact) mass is 251 g/mol. The van der Waals surface area contributed by atoms with Crippen molar-refractivity contribution in [2.45, 2.75) is 4.90 Å². The first-order valence-electron chi connectivity index (χ1n) is 3.65. The third kappa shape index (κ3) is 4.19. The number of aliphatic carboxylic acids is 1. The van der Waals surface area contributed by atoms with Crippen LogP contribution in [0.3, 0.4) is 0 Å². The Morgan fingerprint density at radius 3 is 2.43 bits per heavy atom. The van der Waals surface area contributed by atoms with Gasteiger partial charge >= 0.3 is 5.97 Å². The number of rotatable bonds is 4. The van der Waals surface area contributed by atoms with Crippen molar-refractivity contribution in [1.29, 1.82) is 0 Å². The molecule has 0 aromatic heterocycles. The van der Waals surface area contributed by atoms with Crippen molar-refractivity contribution < 1.29 is 9.90 Å². The van der Waals surface area contributed by atoms with E-state index in [1.165, 1.54) is 11.9 Å². The van der Waals surface area contributed by atoms with E-state index < -0.39 is 5.97 Å². The minimum Gasteiger partial charge on any atom is -0.480 e. The molecule has 0 fully saturated rings. The molecule has 6 heteroatoms. The van der Waals surface area contributed by atoms with Crippen LogP contribution < -0.4 is 4.72 Å². The van der Waals surface area contributed by atoms with Gasteiger partial charge in [-0.15, -0.1) is 0 Å². The molecule has 0 saturated carbocycles.